The van der Waals surface area contributed by atoms with Gasteiger partial charge >= 0.3 is 0 Å². The third-order valence-electron chi connectivity index (χ3n) is 6.19. The number of piperidine rings is 1. The Balaban J connectivity index is 1.42. The predicted octanol–water partition coefficient (Wildman–Crippen LogP) is 2.41. The molecule has 2 aromatic carbocycles. The summed E-state index contributed by atoms with van der Waals surface area (Å²) in [6.45, 7) is 0. The smallest absolute Gasteiger partial charge is 0.240 e. The van der Waals surface area contributed by atoms with Gasteiger partial charge in [0.05, 0.1) is 29.5 Å². The number of amides is 3. The molecular formula is C23H20N2O3. The van der Waals surface area contributed by atoms with Crippen LogP contribution in [0.5, 0.6) is 0 Å². The van der Waals surface area contributed by atoms with Crippen LogP contribution in [0.1, 0.15) is 11.1 Å². The number of likely N-dealkylation sites (N-methyl/N-ethyl adjacent to an activating group) is 1. The molecule has 2 fully saturated rings. The molecule has 5 nitrogen and oxygen atoms in total. The first kappa shape index (κ1) is 16.9. The van der Waals surface area contributed by atoms with Gasteiger partial charge in [-0.2, -0.15) is 0 Å². The zero-order valence-corrected chi connectivity index (χ0v) is 15.5. The topological polar surface area (TPSA) is 57.7 Å². The average molecular weight is 372 g/mol. The normalized spacial score (nSPS) is 28.2. The van der Waals surface area contributed by atoms with Gasteiger partial charge in [-0.05, 0) is 29.7 Å². The Morgan fingerprint density at radius 3 is 2.11 bits per heavy atom. The summed E-state index contributed by atoms with van der Waals surface area (Å²) in [6, 6.07) is 17.4. The van der Waals surface area contributed by atoms with E-state index >= 15 is 0 Å². The molecule has 0 radical (unpaired) electrons. The first-order valence-electron chi connectivity index (χ1n) is 9.52. The van der Waals surface area contributed by atoms with Gasteiger partial charge in [-0.3, -0.25) is 14.4 Å². The molecule has 2 bridgehead atoms. The van der Waals surface area contributed by atoms with Crippen LogP contribution in [0.25, 0.3) is 0 Å². The van der Waals surface area contributed by atoms with Crippen LogP contribution in [-0.2, 0) is 20.8 Å². The third-order valence-corrected chi connectivity index (χ3v) is 6.19. The second kappa shape index (κ2) is 6.16. The fourth-order valence-corrected chi connectivity index (χ4v) is 4.76. The highest BCUT2D eigenvalue weighted by Gasteiger charge is 2.61. The van der Waals surface area contributed by atoms with Gasteiger partial charge < -0.3 is 4.90 Å². The van der Waals surface area contributed by atoms with Crippen molar-refractivity contribution in [2.24, 2.45) is 17.8 Å². The van der Waals surface area contributed by atoms with E-state index in [1.165, 1.54) is 10.5 Å². The lowest BCUT2D eigenvalue weighted by Crippen LogP contribution is -2.57. The first-order chi connectivity index (χ1) is 13.6. The summed E-state index contributed by atoms with van der Waals surface area (Å²) in [4.78, 5) is 41.5. The molecule has 5 heteroatoms. The highest BCUT2D eigenvalue weighted by molar-refractivity contribution is 6.24. The number of nitrogens with zero attached hydrogens (tertiary/aromatic N) is 2. The molecule has 4 aliphatic rings. The number of fused-ring (bicyclic) bond motifs is 1. The SMILES string of the molecule is CN1C(=O)[C@H]2C=C[C@H]1[C@H]1C(=O)N(c3ccc(Cc4ccccc4)cc3)C(=O)[C@H]12. The summed E-state index contributed by atoms with van der Waals surface area (Å²) in [5.74, 6) is -2.12. The second-order valence-corrected chi connectivity index (χ2v) is 7.74. The van der Waals surface area contributed by atoms with Gasteiger partial charge in [0.2, 0.25) is 17.7 Å². The molecule has 0 N–H and O–H groups in total. The van der Waals surface area contributed by atoms with Gasteiger partial charge in [0.15, 0.2) is 0 Å². The summed E-state index contributed by atoms with van der Waals surface area (Å²) >= 11 is 0. The molecule has 0 unspecified atom stereocenters. The maximum absolute atomic E-state index is 13.1. The van der Waals surface area contributed by atoms with E-state index < -0.39 is 17.8 Å². The van der Waals surface area contributed by atoms with Crippen LogP contribution in [0.15, 0.2) is 66.7 Å². The van der Waals surface area contributed by atoms with Gasteiger partial charge in [0.1, 0.15) is 0 Å². The lowest BCUT2D eigenvalue weighted by atomic mass is 9.70. The van der Waals surface area contributed by atoms with Crippen LogP contribution in [-0.4, -0.2) is 35.7 Å². The van der Waals surface area contributed by atoms with Gasteiger partial charge in [-0.1, -0.05) is 54.6 Å². The average Bonchev–Trinajstić information content (AvgIpc) is 2.99. The van der Waals surface area contributed by atoms with E-state index in [1.807, 2.05) is 48.5 Å². The Bertz CT molecular complexity index is 996. The highest BCUT2D eigenvalue weighted by atomic mass is 16.2. The van der Waals surface area contributed by atoms with Gasteiger partial charge in [-0.25, -0.2) is 4.90 Å². The predicted molar refractivity (Wildman–Crippen MR) is 104 cm³/mol. The van der Waals surface area contributed by atoms with Crippen molar-refractivity contribution in [3.05, 3.63) is 77.9 Å². The monoisotopic (exact) mass is 372 g/mol. The van der Waals surface area contributed by atoms with Crippen molar-refractivity contribution in [2.45, 2.75) is 12.5 Å². The molecule has 0 spiro atoms. The van der Waals surface area contributed by atoms with Crippen LogP contribution in [0.3, 0.4) is 0 Å². The van der Waals surface area contributed by atoms with Crippen molar-refractivity contribution in [1.29, 1.82) is 0 Å². The molecule has 2 saturated heterocycles. The van der Waals surface area contributed by atoms with E-state index in [2.05, 4.69) is 12.1 Å². The van der Waals surface area contributed by atoms with E-state index in [-0.39, 0.29) is 23.8 Å². The molecule has 3 amide bonds. The standard InChI is InChI=1S/C23H20N2O3/c1-24-18-12-11-17(21(24)26)19-20(18)23(28)25(22(19)27)16-9-7-15(8-10-16)13-14-5-3-2-4-6-14/h2-12,17-20H,13H2,1H3/t17-,18-,19-,20+/m0/s1. The third kappa shape index (κ3) is 2.35. The summed E-state index contributed by atoms with van der Waals surface area (Å²) in [5, 5.41) is 0. The molecule has 140 valence electrons. The summed E-state index contributed by atoms with van der Waals surface area (Å²) < 4.78 is 0. The summed E-state index contributed by atoms with van der Waals surface area (Å²) in [6.07, 6.45) is 4.48. The van der Waals surface area contributed by atoms with Gasteiger partial charge in [-0.15, -0.1) is 0 Å². The largest absolute Gasteiger partial charge is 0.338 e. The number of hydrogen-bond acceptors (Lipinski definition) is 3. The number of anilines is 1. The minimum absolute atomic E-state index is 0.0741. The number of hydrogen-bond donors (Lipinski definition) is 0. The molecule has 3 heterocycles. The van der Waals surface area contributed by atoms with Crippen molar-refractivity contribution in [3.63, 3.8) is 0 Å². The van der Waals surface area contributed by atoms with E-state index in [9.17, 15) is 14.4 Å². The Labute approximate surface area is 163 Å². The second-order valence-electron chi connectivity index (χ2n) is 7.74. The molecule has 0 saturated carbocycles. The van der Waals surface area contributed by atoms with Crippen LogP contribution >= 0.6 is 0 Å². The van der Waals surface area contributed by atoms with Crippen molar-refractivity contribution >= 4 is 23.4 Å². The number of carbonyl (C=O) groups excluding carboxylic acids is 3. The minimum atomic E-state index is -0.574. The molecule has 6 rings (SSSR count). The Hall–Kier alpha value is -3.21. The Morgan fingerprint density at radius 2 is 1.39 bits per heavy atom. The van der Waals surface area contributed by atoms with Crippen molar-refractivity contribution in [1.82, 2.24) is 4.90 Å². The molecule has 0 aromatic heterocycles. The van der Waals surface area contributed by atoms with Crippen LogP contribution in [0.2, 0.25) is 0 Å². The van der Waals surface area contributed by atoms with Crippen LogP contribution < -0.4 is 4.90 Å². The van der Waals surface area contributed by atoms with Crippen molar-refractivity contribution in [2.75, 3.05) is 11.9 Å². The maximum atomic E-state index is 13.1. The quantitative estimate of drug-likeness (QED) is 0.614. The van der Waals surface area contributed by atoms with E-state index in [1.54, 1.807) is 18.0 Å². The highest BCUT2D eigenvalue weighted by Crippen LogP contribution is 2.46. The number of carbonyl (C=O) groups is 3. The fourth-order valence-electron chi connectivity index (χ4n) is 4.76. The lowest BCUT2D eigenvalue weighted by Gasteiger charge is -2.44. The zero-order valence-electron chi connectivity index (χ0n) is 15.5. The van der Waals surface area contributed by atoms with E-state index in [4.69, 9.17) is 0 Å². The zero-order chi connectivity index (χ0) is 19.4. The van der Waals surface area contributed by atoms with Crippen molar-refractivity contribution in [3.8, 4) is 0 Å². The summed E-state index contributed by atoms with van der Waals surface area (Å²) in [5.41, 5.74) is 2.90. The summed E-state index contributed by atoms with van der Waals surface area (Å²) in [7, 11) is 1.71. The van der Waals surface area contributed by atoms with E-state index in [0.717, 1.165) is 12.0 Å². The number of benzene rings is 2. The molecular weight excluding hydrogens is 352 g/mol. The number of imide groups is 1. The maximum Gasteiger partial charge on any atom is 0.240 e. The minimum Gasteiger partial charge on any atom is -0.338 e. The molecule has 4 atom stereocenters. The molecule has 3 aliphatic heterocycles. The first-order valence-corrected chi connectivity index (χ1v) is 9.52. The number of rotatable bonds is 3. The Kier molecular flexibility index (Phi) is 3.72. The van der Waals surface area contributed by atoms with Crippen molar-refractivity contribution < 1.29 is 14.4 Å². The Morgan fingerprint density at radius 1 is 0.750 bits per heavy atom. The van der Waals surface area contributed by atoms with Crippen LogP contribution in [0.4, 0.5) is 5.69 Å². The van der Waals surface area contributed by atoms with Gasteiger partial charge in [0, 0.05) is 7.05 Å². The molecule has 2 aromatic rings. The van der Waals surface area contributed by atoms with E-state index in [0.29, 0.717) is 5.69 Å². The van der Waals surface area contributed by atoms with Gasteiger partial charge in [0.25, 0.3) is 0 Å². The molecule has 1 aliphatic carbocycles. The fraction of sp³-hybridized carbons (Fsp3) is 0.261. The molecule has 28 heavy (non-hydrogen) atoms. The van der Waals surface area contributed by atoms with Crippen LogP contribution in [0, 0.1) is 17.8 Å². The lowest BCUT2D eigenvalue weighted by molar-refractivity contribution is -0.148.